The molecule has 0 spiro atoms. The van der Waals surface area contributed by atoms with E-state index in [1.807, 2.05) is 0 Å². The lowest BCUT2D eigenvalue weighted by Gasteiger charge is -2.33. The highest BCUT2D eigenvalue weighted by Crippen LogP contribution is 2.32. The van der Waals surface area contributed by atoms with Crippen LogP contribution < -0.4 is 0 Å². The molecule has 1 saturated carbocycles. The lowest BCUT2D eigenvalue weighted by Crippen LogP contribution is -2.31. The van der Waals surface area contributed by atoms with Crippen LogP contribution in [0, 0.1) is 11.8 Å². The third kappa shape index (κ3) is 3.46. The molecule has 2 fully saturated rings. The topological polar surface area (TPSA) is 23.5 Å². The minimum absolute atomic E-state index is 0.0127. The summed E-state index contributed by atoms with van der Waals surface area (Å²) >= 11 is 0. The Morgan fingerprint density at radius 3 is 2.07 bits per heavy atom. The van der Waals surface area contributed by atoms with E-state index in [9.17, 15) is 5.11 Å². The van der Waals surface area contributed by atoms with Gasteiger partial charge in [-0.2, -0.15) is 0 Å². The van der Waals surface area contributed by atoms with E-state index in [1.54, 1.807) is 0 Å². The van der Waals surface area contributed by atoms with Gasteiger partial charge < -0.3 is 10.0 Å². The summed E-state index contributed by atoms with van der Waals surface area (Å²) in [5, 5.41) is 9.46. The standard InChI is InChI=1S/C13H25NO/c1-14-8-6-12(7-9-14)10-11-2-4-13(15)5-3-11/h11-13,15H,2-10H2,1H3. The van der Waals surface area contributed by atoms with Gasteiger partial charge in [0.25, 0.3) is 0 Å². The Morgan fingerprint density at radius 1 is 0.933 bits per heavy atom. The quantitative estimate of drug-likeness (QED) is 0.757. The van der Waals surface area contributed by atoms with Gasteiger partial charge in [0, 0.05) is 0 Å². The van der Waals surface area contributed by atoms with Crippen LogP contribution in [0.4, 0.5) is 0 Å². The van der Waals surface area contributed by atoms with Gasteiger partial charge in [-0.3, -0.25) is 0 Å². The van der Waals surface area contributed by atoms with Crippen LogP contribution in [0.25, 0.3) is 0 Å². The number of likely N-dealkylation sites (tertiary alicyclic amines) is 1. The maximum Gasteiger partial charge on any atom is 0.0540 e. The zero-order valence-corrected chi connectivity index (χ0v) is 9.99. The highest BCUT2D eigenvalue weighted by molar-refractivity contribution is 4.77. The molecule has 88 valence electrons. The lowest BCUT2D eigenvalue weighted by atomic mass is 9.79. The number of piperidine rings is 1. The summed E-state index contributed by atoms with van der Waals surface area (Å²) in [5.41, 5.74) is 0. The molecule has 0 radical (unpaired) electrons. The van der Waals surface area contributed by atoms with Crippen molar-refractivity contribution in [3.05, 3.63) is 0 Å². The van der Waals surface area contributed by atoms with Gasteiger partial charge in [0.05, 0.1) is 6.10 Å². The van der Waals surface area contributed by atoms with Crippen molar-refractivity contribution in [2.45, 2.75) is 51.0 Å². The fourth-order valence-corrected chi connectivity index (χ4v) is 3.15. The largest absolute Gasteiger partial charge is 0.393 e. The summed E-state index contributed by atoms with van der Waals surface area (Å²) in [6.45, 7) is 2.58. The fraction of sp³-hybridized carbons (Fsp3) is 1.00. The molecule has 2 heteroatoms. The molecule has 2 aliphatic rings. The molecule has 1 saturated heterocycles. The number of nitrogens with zero attached hydrogens (tertiary/aromatic N) is 1. The van der Waals surface area contributed by atoms with Crippen LogP contribution in [-0.4, -0.2) is 36.2 Å². The molecular weight excluding hydrogens is 186 g/mol. The molecule has 0 bridgehead atoms. The highest BCUT2D eigenvalue weighted by Gasteiger charge is 2.24. The molecule has 15 heavy (non-hydrogen) atoms. The molecular formula is C13H25NO. The second-order valence-electron chi connectivity index (χ2n) is 5.66. The normalized spacial score (nSPS) is 35.6. The summed E-state index contributed by atoms with van der Waals surface area (Å²) in [6, 6.07) is 0. The summed E-state index contributed by atoms with van der Waals surface area (Å²) in [4.78, 5) is 2.45. The maximum absolute atomic E-state index is 9.46. The second kappa shape index (κ2) is 5.31. The van der Waals surface area contributed by atoms with E-state index in [2.05, 4.69) is 11.9 Å². The fourth-order valence-electron chi connectivity index (χ4n) is 3.15. The van der Waals surface area contributed by atoms with Crippen LogP contribution in [0.15, 0.2) is 0 Å². The van der Waals surface area contributed by atoms with Crippen molar-refractivity contribution < 1.29 is 5.11 Å². The SMILES string of the molecule is CN1CCC(CC2CCC(O)CC2)CC1. The second-order valence-corrected chi connectivity index (χ2v) is 5.66. The van der Waals surface area contributed by atoms with E-state index in [1.165, 1.54) is 45.2 Å². The molecule has 0 aromatic heterocycles. The number of aliphatic hydroxyl groups is 1. The van der Waals surface area contributed by atoms with Crippen LogP contribution in [0.1, 0.15) is 44.9 Å². The number of hydrogen-bond donors (Lipinski definition) is 1. The van der Waals surface area contributed by atoms with Crippen molar-refractivity contribution in [1.82, 2.24) is 4.90 Å². The first-order chi connectivity index (χ1) is 7.24. The third-order valence-electron chi connectivity index (χ3n) is 4.32. The number of hydrogen-bond acceptors (Lipinski definition) is 2. The van der Waals surface area contributed by atoms with Crippen LogP contribution in [0.5, 0.6) is 0 Å². The first kappa shape index (κ1) is 11.4. The zero-order chi connectivity index (χ0) is 10.7. The summed E-state index contributed by atoms with van der Waals surface area (Å²) in [5.74, 6) is 1.89. The van der Waals surface area contributed by atoms with Gasteiger partial charge in [-0.15, -0.1) is 0 Å². The Bertz CT molecular complexity index is 159. The summed E-state index contributed by atoms with van der Waals surface area (Å²) < 4.78 is 0. The van der Waals surface area contributed by atoms with Gasteiger partial charge in [0.2, 0.25) is 0 Å². The minimum atomic E-state index is 0.0127. The number of aliphatic hydroxyl groups excluding tert-OH is 1. The monoisotopic (exact) mass is 211 g/mol. The van der Waals surface area contributed by atoms with E-state index in [0.29, 0.717) is 0 Å². The molecule has 1 heterocycles. The molecule has 0 aromatic rings. The Balaban J connectivity index is 1.68. The number of rotatable bonds is 2. The van der Waals surface area contributed by atoms with Crippen molar-refractivity contribution >= 4 is 0 Å². The molecule has 1 aliphatic carbocycles. The van der Waals surface area contributed by atoms with E-state index < -0.39 is 0 Å². The Morgan fingerprint density at radius 2 is 1.47 bits per heavy atom. The van der Waals surface area contributed by atoms with Crippen molar-refractivity contribution in [3.8, 4) is 0 Å². The van der Waals surface area contributed by atoms with E-state index in [0.717, 1.165) is 24.7 Å². The van der Waals surface area contributed by atoms with Crippen molar-refractivity contribution in [2.24, 2.45) is 11.8 Å². The summed E-state index contributed by atoms with van der Waals surface area (Å²) in [6.07, 6.45) is 8.89. The van der Waals surface area contributed by atoms with Crippen LogP contribution in [-0.2, 0) is 0 Å². The van der Waals surface area contributed by atoms with Gasteiger partial charge in [-0.1, -0.05) is 0 Å². The predicted molar refractivity (Wildman–Crippen MR) is 62.8 cm³/mol. The molecule has 0 aromatic carbocycles. The molecule has 2 rings (SSSR count). The first-order valence-corrected chi connectivity index (χ1v) is 6.60. The van der Waals surface area contributed by atoms with Crippen LogP contribution in [0.3, 0.4) is 0 Å². The summed E-state index contributed by atoms with van der Waals surface area (Å²) in [7, 11) is 2.23. The van der Waals surface area contributed by atoms with Gasteiger partial charge in [0.1, 0.15) is 0 Å². The van der Waals surface area contributed by atoms with Gasteiger partial charge in [-0.25, -0.2) is 0 Å². The average Bonchev–Trinajstić information content (AvgIpc) is 2.25. The molecule has 0 atom stereocenters. The maximum atomic E-state index is 9.46. The smallest absolute Gasteiger partial charge is 0.0540 e. The minimum Gasteiger partial charge on any atom is -0.393 e. The van der Waals surface area contributed by atoms with E-state index >= 15 is 0 Å². The zero-order valence-electron chi connectivity index (χ0n) is 9.99. The van der Waals surface area contributed by atoms with Gasteiger partial charge in [-0.05, 0) is 76.9 Å². The highest BCUT2D eigenvalue weighted by atomic mass is 16.3. The third-order valence-corrected chi connectivity index (χ3v) is 4.32. The van der Waals surface area contributed by atoms with Gasteiger partial charge in [0.15, 0.2) is 0 Å². The van der Waals surface area contributed by atoms with Crippen molar-refractivity contribution in [3.63, 3.8) is 0 Å². The Kier molecular flexibility index (Phi) is 4.04. The van der Waals surface area contributed by atoms with E-state index in [4.69, 9.17) is 0 Å². The average molecular weight is 211 g/mol. The Hall–Kier alpha value is -0.0800. The van der Waals surface area contributed by atoms with Crippen LogP contribution >= 0.6 is 0 Å². The van der Waals surface area contributed by atoms with E-state index in [-0.39, 0.29) is 6.10 Å². The predicted octanol–water partition coefficient (Wildman–Crippen LogP) is 2.27. The molecule has 1 aliphatic heterocycles. The molecule has 0 amide bonds. The van der Waals surface area contributed by atoms with Crippen molar-refractivity contribution in [2.75, 3.05) is 20.1 Å². The lowest BCUT2D eigenvalue weighted by molar-refractivity contribution is 0.0950. The first-order valence-electron chi connectivity index (χ1n) is 6.60. The van der Waals surface area contributed by atoms with Crippen molar-refractivity contribution in [1.29, 1.82) is 0 Å². The molecule has 0 unspecified atom stereocenters. The molecule has 2 nitrogen and oxygen atoms in total. The Labute approximate surface area is 93.7 Å². The molecule has 1 N–H and O–H groups in total. The van der Waals surface area contributed by atoms with Gasteiger partial charge >= 0.3 is 0 Å². The van der Waals surface area contributed by atoms with Crippen LogP contribution in [0.2, 0.25) is 0 Å².